The average molecular weight is 416 g/mol. The van der Waals surface area contributed by atoms with Crippen LogP contribution < -0.4 is 0 Å². The first kappa shape index (κ1) is 18.9. The minimum atomic E-state index is -6.52. The van der Waals surface area contributed by atoms with Crippen LogP contribution in [-0.4, -0.2) is 49.3 Å². The van der Waals surface area contributed by atoms with Crippen LogP contribution in [0.3, 0.4) is 0 Å². The van der Waals surface area contributed by atoms with Gasteiger partial charge in [-0.15, -0.1) is 0 Å². The van der Waals surface area contributed by atoms with E-state index in [4.69, 9.17) is 9.29 Å². The molecule has 4 fully saturated rings. The fourth-order valence-electron chi connectivity index (χ4n) is 5.90. The van der Waals surface area contributed by atoms with E-state index in [-0.39, 0.29) is 12.0 Å². The molecule has 1 spiro atoms. The first-order valence-corrected chi connectivity index (χ1v) is 9.76. The monoisotopic (exact) mass is 416 g/mol. The van der Waals surface area contributed by atoms with E-state index in [1.165, 1.54) is 12.8 Å². The number of halogens is 4. The van der Waals surface area contributed by atoms with Gasteiger partial charge >= 0.3 is 33.2 Å². The third kappa shape index (κ3) is 2.31. The van der Waals surface area contributed by atoms with Crippen molar-refractivity contribution in [3.05, 3.63) is 0 Å². The van der Waals surface area contributed by atoms with Gasteiger partial charge in [-0.05, 0) is 48.9 Å². The van der Waals surface area contributed by atoms with E-state index in [0.717, 1.165) is 12.8 Å². The number of hydrogen-bond donors (Lipinski definition) is 1. The molecule has 4 saturated carbocycles. The standard InChI is InChI=1S/C15H16F4O7S/c16-14(15(17,18)19,27(22,23)24)11(21)25-5-9(20)26-6-12-1-7-2-13(10(7)12)4-8(13)3-12/h7-8,10H,1-6H2,(H,22,23,24). The largest absolute Gasteiger partial charge is 0.463 e. The molecule has 4 rings (SSSR count). The van der Waals surface area contributed by atoms with E-state index >= 15 is 0 Å². The van der Waals surface area contributed by atoms with Crippen LogP contribution in [0.5, 0.6) is 0 Å². The Balaban J connectivity index is 1.31. The summed E-state index contributed by atoms with van der Waals surface area (Å²) >= 11 is 0. The number of esters is 2. The summed E-state index contributed by atoms with van der Waals surface area (Å²) in [5.41, 5.74) is 0.258. The molecule has 6 atom stereocenters. The maximum Gasteiger partial charge on any atom is 0.451 e. The highest BCUT2D eigenvalue weighted by Crippen LogP contribution is 2.89. The average Bonchev–Trinajstić information content (AvgIpc) is 3.17. The van der Waals surface area contributed by atoms with E-state index in [1.54, 1.807) is 0 Å². The minimum Gasteiger partial charge on any atom is -0.463 e. The smallest absolute Gasteiger partial charge is 0.451 e. The van der Waals surface area contributed by atoms with Gasteiger partial charge in [-0.1, -0.05) is 0 Å². The van der Waals surface area contributed by atoms with Crippen molar-refractivity contribution in [1.82, 2.24) is 0 Å². The highest BCUT2D eigenvalue weighted by atomic mass is 32.2. The molecule has 152 valence electrons. The van der Waals surface area contributed by atoms with E-state index < -0.39 is 39.8 Å². The van der Waals surface area contributed by atoms with Gasteiger partial charge in [-0.25, -0.2) is 14.0 Å². The highest BCUT2D eigenvalue weighted by molar-refractivity contribution is 7.88. The molecule has 0 aromatic heterocycles. The molecule has 4 aliphatic rings. The lowest BCUT2D eigenvalue weighted by Crippen LogP contribution is -2.59. The highest BCUT2D eigenvalue weighted by Gasteiger charge is 2.83. The maximum atomic E-state index is 13.7. The topological polar surface area (TPSA) is 107 Å². The lowest BCUT2D eigenvalue weighted by molar-refractivity contribution is -0.217. The third-order valence-corrected chi connectivity index (χ3v) is 7.93. The first-order valence-electron chi connectivity index (χ1n) is 8.32. The second-order valence-corrected chi connectivity index (χ2v) is 9.66. The number of hydrogen-bond acceptors (Lipinski definition) is 6. The van der Waals surface area contributed by atoms with Crippen molar-refractivity contribution in [3.8, 4) is 0 Å². The Labute approximate surface area is 151 Å². The molecular formula is C15H16F4O7S. The Kier molecular flexibility index (Phi) is 3.59. The van der Waals surface area contributed by atoms with Crippen LogP contribution in [0.25, 0.3) is 0 Å². The molecule has 0 aliphatic heterocycles. The van der Waals surface area contributed by atoms with Crippen LogP contribution in [0.1, 0.15) is 25.7 Å². The van der Waals surface area contributed by atoms with E-state index in [1.807, 2.05) is 0 Å². The van der Waals surface area contributed by atoms with Crippen molar-refractivity contribution in [1.29, 1.82) is 0 Å². The molecule has 12 heteroatoms. The number of rotatable bonds is 6. The van der Waals surface area contributed by atoms with Gasteiger partial charge in [0.1, 0.15) is 0 Å². The van der Waals surface area contributed by atoms with Crippen molar-refractivity contribution in [2.24, 2.45) is 28.6 Å². The summed E-state index contributed by atoms with van der Waals surface area (Å²) in [7, 11) is -6.52. The fraction of sp³-hybridized carbons (Fsp3) is 0.867. The summed E-state index contributed by atoms with van der Waals surface area (Å²) in [5.74, 6) is -2.41. The maximum absolute atomic E-state index is 13.7. The number of carbonyl (C=O) groups excluding carboxylic acids is 2. The summed E-state index contributed by atoms with van der Waals surface area (Å²) < 4.78 is 90.1. The van der Waals surface area contributed by atoms with Gasteiger partial charge in [-0.3, -0.25) is 4.55 Å². The summed E-state index contributed by atoms with van der Waals surface area (Å²) in [6, 6.07) is 0. The van der Waals surface area contributed by atoms with Gasteiger partial charge in [-0.2, -0.15) is 21.6 Å². The Morgan fingerprint density at radius 2 is 1.74 bits per heavy atom. The second kappa shape index (κ2) is 5.13. The Hall–Kier alpha value is -1.43. The van der Waals surface area contributed by atoms with Crippen LogP contribution in [0.2, 0.25) is 0 Å². The van der Waals surface area contributed by atoms with Gasteiger partial charge in [0.15, 0.2) is 6.61 Å². The zero-order chi connectivity index (χ0) is 20.0. The van der Waals surface area contributed by atoms with Crippen LogP contribution in [0, 0.1) is 28.6 Å². The molecule has 7 nitrogen and oxygen atoms in total. The van der Waals surface area contributed by atoms with Crippen LogP contribution >= 0.6 is 0 Å². The molecule has 4 aliphatic carbocycles. The van der Waals surface area contributed by atoms with Gasteiger partial charge in [0.2, 0.25) is 0 Å². The lowest BCUT2D eigenvalue weighted by atomic mass is 9.42. The van der Waals surface area contributed by atoms with Gasteiger partial charge < -0.3 is 9.47 Å². The van der Waals surface area contributed by atoms with E-state index in [9.17, 15) is 35.6 Å². The molecule has 27 heavy (non-hydrogen) atoms. The van der Waals surface area contributed by atoms with Gasteiger partial charge in [0.25, 0.3) is 0 Å². The van der Waals surface area contributed by atoms with Gasteiger partial charge in [0, 0.05) is 5.41 Å². The summed E-state index contributed by atoms with van der Waals surface area (Å²) in [4.78, 5) is 23.0. The molecule has 0 aromatic carbocycles. The van der Waals surface area contributed by atoms with Crippen molar-refractivity contribution < 1.29 is 49.6 Å². The molecule has 1 N–H and O–H groups in total. The first-order chi connectivity index (χ1) is 12.3. The van der Waals surface area contributed by atoms with Gasteiger partial charge in [0.05, 0.1) is 6.61 Å². The Morgan fingerprint density at radius 3 is 2.30 bits per heavy atom. The molecule has 0 bridgehead atoms. The molecule has 0 heterocycles. The summed E-state index contributed by atoms with van der Waals surface area (Å²) in [6.45, 7) is -1.35. The van der Waals surface area contributed by atoms with Crippen LogP contribution in [-0.2, 0) is 29.2 Å². The summed E-state index contributed by atoms with van der Waals surface area (Å²) in [6.07, 6.45) is -2.07. The normalized spacial score (nSPS) is 40.6. The Bertz CT molecular complexity index is 827. The second-order valence-electron chi connectivity index (χ2n) is 8.15. The predicted molar refractivity (Wildman–Crippen MR) is 77.2 cm³/mol. The number of alkyl halides is 4. The van der Waals surface area contributed by atoms with Crippen molar-refractivity contribution >= 4 is 22.1 Å². The zero-order valence-electron chi connectivity index (χ0n) is 13.8. The number of ether oxygens (including phenoxy) is 2. The van der Waals surface area contributed by atoms with Crippen molar-refractivity contribution in [2.45, 2.75) is 36.9 Å². The van der Waals surface area contributed by atoms with Crippen molar-refractivity contribution in [3.63, 3.8) is 0 Å². The molecule has 0 saturated heterocycles. The van der Waals surface area contributed by atoms with Crippen molar-refractivity contribution in [2.75, 3.05) is 13.2 Å². The molecule has 0 amide bonds. The predicted octanol–water partition coefficient (Wildman–Crippen LogP) is 1.62. The minimum absolute atomic E-state index is 0.0428. The quantitative estimate of drug-likeness (QED) is 0.398. The lowest BCUT2D eigenvalue weighted by Gasteiger charge is -2.63. The fourth-order valence-corrected chi connectivity index (χ4v) is 6.46. The van der Waals surface area contributed by atoms with Crippen LogP contribution in [0.15, 0.2) is 0 Å². The number of carbonyl (C=O) groups is 2. The SMILES string of the molecule is O=C(COC(=O)C(F)(C(F)(F)F)S(=O)(=O)O)OCC12CC3CC4(CC4C1)C32. The molecular weight excluding hydrogens is 400 g/mol. The zero-order valence-corrected chi connectivity index (χ0v) is 14.6. The third-order valence-electron chi connectivity index (χ3n) is 6.82. The van der Waals surface area contributed by atoms with E-state index in [0.29, 0.717) is 23.2 Å². The summed E-state index contributed by atoms with van der Waals surface area (Å²) in [5, 5.41) is -5.68. The van der Waals surface area contributed by atoms with E-state index in [2.05, 4.69) is 4.74 Å². The molecule has 0 radical (unpaired) electrons. The Morgan fingerprint density at radius 1 is 1.07 bits per heavy atom. The van der Waals surface area contributed by atoms with Crippen LogP contribution in [0.4, 0.5) is 17.6 Å². The molecule has 0 aromatic rings. The molecule has 6 unspecified atom stereocenters.